The highest BCUT2D eigenvalue weighted by atomic mass is 16.6. The minimum atomic E-state index is -0.0713. The first-order valence-electron chi connectivity index (χ1n) is 9.66. The van der Waals surface area contributed by atoms with E-state index in [9.17, 15) is 0 Å². The van der Waals surface area contributed by atoms with Crippen LogP contribution in [0.4, 0.5) is 0 Å². The van der Waals surface area contributed by atoms with Crippen molar-refractivity contribution in [2.24, 2.45) is 0 Å². The first-order valence-corrected chi connectivity index (χ1v) is 9.66. The third-order valence-electron chi connectivity index (χ3n) is 5.93. The van der Waals surface area contributed by atoms with Gasteiger partial charge < -0.3 is 14.2 Å². The van der Waals surface area contributed by atoms with Gasteiger partial charge >= 0.3 is 0 Å². The van der Waals surface area contributed by atoms with E-state index in [1.807, 2.05) is 6.07 Å². The molecule has 26 heavy (non-hydrogen) atoms. The summed E-state index contributed by atoms with van der Waals surface area (Å²) in [5.41, 5.74) is 4.11. The summed E-state index contributed by atoms with van der Waals surface area (Å²) in [5.74, 6) is 1.75. The summed E-state index contributed by atoms with van der Waals surface area (Å²) in [4.78, 5) is 2.53. The molecule has 0 atom stereocenters. The van der Waals surface area contributed by atoms with E-state index >= 15 is 0 Å². The molecule has 3 aliphatic heterocycles. The average molecular weight is 351 g/mol. The van der Waals surface area contributed by atoms with Gasteiger partial charge in [-0.15, -0.1) is 0 Å². The number of nitrogens with zero attached hydrogens (tertiary/aromatic N) is 1. The molecule has 1 fully saturated rings. The van der Waals surface area contributed by atoms with Crippen molar-refractivity contribution in [3.63, 3.8) is 0 Å². The van der Waals surface area contributed by atoms with Crippen LogP contribution in [0.5, 0.6) is 11.5 Å². The summed E-state index contributed by atoms with van der Waals surface area (Å²) < 4.78 is 17.7. The van der Waals surface area contributed by atoms with Gasteiger partial charge in [-0.3, -0.25) is 4.90 Å². The Bertz CT molecular complexity index is 796. The highest BCUT2D eigenvalue weighted by Gasteiger charge is 2.40. The minimum Gasteiger partial charge on any atom is -0.486 e. The van der Waals surface area contributed by atoms with Crippen molar-refractivity contribution in [3.8, 4) is 11.5 Å². The van der Waals surface area contributed by atoms with E-state index < -0.39 is 0 Å². The van der Waals surface area contributed by atoms with Gasteiger partial charge in [-0.1, -0.05) is 30.3 Å². The van der Waals surface area contributed by atoms with E-state index in [1.165, 1.54) is 16.7 Å². The smallest absolute Gasteiger partial charge is 0.161 e. The van der Waals surface area contributed by atoms with Crippen molar-refractivity contribution in [1.29, 1.82) is 0 Å². The van der Waals surface area contributed by atoms with Gasteiger partial charge in [-0.2, -0.15) is 0 Å². The summed E-state index contributed by atoms with van der Waals surface area (Å²) in [6.45, 7) is 5.19. The van der Waals surface area contributed by atoms with E-state index in [0.29, 0.717) is 13.2 Å². The maximum absolute atomic E-state index is 6.34. The maximum atomic E-state index is 6.34. The van der Waals surface area contributed by atoms with Crippen LogP contribution in [0, 0.1) is 0 Å². The Labute approximate surface area is 154 Å². The van der Waals surface area contributed by atoms with Gasteiger partial charge in [0.2, 0.25) is 0 Å². The fourth-order valence-corrected chi connectivity index (χ4v) is 4.55. The first-order chi connectivity index (χ1) is 12.8. The van der Waals surface area contributed by atoms with Crippen molar-refractivity contribution in [2.75, 3.05) is 32.9 Å². The van der Waals surface area contributed by atoms with E-state index in [1.54, 1.807) is 0 Å². The van der Waals surface area contributed by atoms with Gasteiger partial charge in [-0.25, -0.2) is 0 Å². The predicted molar refractivity (Wildman–Crippen MR) is 99.7 cm³/mol. The summed E-state index contributed by atoms with van der Waals surface area (Å²) in [5, 5.41) is 0. The average Bonchev–Trinajstić information content (AvgIpc) is 2.70. The molecule has 1 spiro atoms. The van der Waals surface area contributed by atoms with Crippen LogP contribution in [0.3, 0.4) is 0 Å². The molecule has 0 bridgehead atoms. The molecule has 2 aromatic rings. The third kappa shape index (κ3) is 2.87. The van der Waals surface area contributed by atoms with Gasteiger partial charge in [0.25, 0.3) is 0 Å². The second-order valence-corrected chi connectivity index (χ2v) is 7.50. The lowest BCUT2D eigenvalue weighted by molar-refractivity contribution is -0.0989. The second kappa shape index (κ2) is 6.60. The number of hydrogen-bond donors (Lipinski definition) is 0. The van der Waals surface area contributed by atoms with Crippen LogP contribution in [0.15, 0.2) is 42.5 Å². The Morgan fingerprint density at radius 1 is 0.885 bits per heavy atom. The van der Waals surface area contributed by atoms with E-state index in [4.69, 9.17) is 14.2 Å². The van der Waals surface area contributed by atoms with Crippen LogP contribution in [0.1, 0.15) is 29.5 Å². The van der Waals surface area contributed by atoms with Crippen molar-refractivity contribution < 1.29 is 14.2 Å². The lowest BCUT2D eigenvalue weighted by Crippen LogP contribution is -2.46. The molecule has 0 radical (unpaired) electrons. The monoisotopic (exact) mass is 351 g/mol. The predicted octanol–water partition coefficient (Wildman–Crippen LogP) is 3.52. The Morgan fingerprint density at radius 3 is 2.58 bits per heavy atom. The Morgan fingerprint density at radius 2 is 1.69 bits per heavy atom. The van der Waals surface area contributed by atoms with E-state index in [-0.39, 0.29) is 5.60 Å². The Kier molecular flexibility index (Phi) is 4.10. The molecule has 3 aliphatic rings. The SMILES string of the molecule is c1ccc2c(c1)CCOC21CCN(Cc2ccc3c(c2)OCCO3)CC1. The summed E-state index contributed by atoms with van der Waals surface area (Å²) in [7, 11) is 0. The van der Waals surface area contributed by atoms with Gasteiger partial charge in [0.15, 0.2) is 11.5 Å². The molecular formula is C22H25NO3. The molecule has 0 amide bonds. The second-order valence-electron chi connectivity index (χ2n) is 7.50. The molecule has 1 saturated heterocycles. The zero-order chi connectivity index (χ0) is 17.4. The molecule has 0 aliphatic carbocycles. The summed E-state index contributed by atoms with van der Waals surface area (Å²) in [6, 6.07) is 15.2. The topological polar surface area (TPSA) is 30.9 Å². The van der Waals surface area contributed by atoms with Crippen molar-refractivity contribution in [3.05, 3.63) is 59.2 Å². The Balaban J connectivity index is 1.28. The molecule has 0 unspecified atom stereocenters. The zero-order valence-corrected chi connectivity index (χ0v) is 15.1. The van der Waals surface area contributed by atoms with E-state index in [2.05, 4.69) is 41.3 Å². The standard InChI is InChI=1S/C22H25NO3/c1-2-4-19-18(3-1)7-12-26-22(19)8-10-23(11-9-22)16-17-5-6-20-21(15-17)25-14-13-24-20/h1-6,15H,7-14,16H2. The molecule has 2 aromatic carbocycles. The molecule has 4 nitrogen and oxygen atoms in total. The van der Waals surface area contributed by atoms with Crippen LogP contribution in [0.25, 0.3) is 0 Å². The van der Waals surface area contributed by atoms with Gasteiger partial charge in [0, 0.05) is 19.6 Å². The first kappa shape index (κ1) is 16.2. The molecular weight excluding hydrogens is 326 g/mol. The third-order valence-corrected chi connectivity index (χ3v) is 5.93. The number of rotatable bonds is 2. The quantitative estimate of drug-likeness (QED) is 0.828. The lowest BCUT2D eigenvalue weighted by atomic mass is 9.79. The van der Waals surface area contributed by atoms with Gasteiger partial charge in [0.05, 0.1) is 12.2 Å². The normalized spacial score (nSPS) is 21.4. The molecule has 136 valence electrons. The summed E-state index contributed by atoms with van der Waals surface area (Å²) in [6.07, 6.45) is 3.17. The molecule has 5 rings (SSSR count). The molecule has 0 saturated carbocycles. The highest BCUT2D eigenvalue weighted by Crippen LogP contribution is 2.41. The lowest BCUT2D eigenvalue weighted by Gasteiger charge is -2.45. The van der Waals surface area contributed by atoms with Crippen LogP contribution in [0.2, 0.25) is 0 Å². The van der Waals surface area contributed by atoms with Crippen molar-refractivity contribution >= 4 is 0 Å². The van der Waals surface area contributed by atoms with Gasteiger partial charge in [-0.05, 0) is 48.1 Å². The fourth-order valence-electron chi connectivity index (χ4n) is 4.55. The zero-order valence-electron chi connectivity index (χ0n) is 15.1. The molecule has 0 N–H and O–H groups in total. The summed E-state index contributed by atoms with van der Waals surface area (Å²) >= 11 is 0. The number of piperidine rings is 1. The Hall–Kier alpha value is -2.04. The minimum absolute atomic E-state index is 0.0713. The van der Waals surface area contributed by atoms with Crippen molar-refractivity contribution in [1.82, 2.24) is 4.90 Å². The molecule has 3 heterocycles. The molecule has 4 heteroatoms. The van der Waals surface area contributed by atoms with Crippen LogP contribution in [-0.2, 0) is 23.3 Å². The fraction of sp³-hybridized carbons (Fsp3) is 0.455. The van der Waals surface area contributed by atoms with Crippen LogP contribution in [-0.4, -0.2) is 37.8 Å². The van der Waals surface area contributed by atoms with Gasteiger partial charge in [0.1, 0.15) is 13.2 Å². The number of ether oxygens (including phenoxy) is 3. The highest BCUT2D eigenvalue weighted by molar-refractivity contribution is 5.43. The van der Waals surface area contributed by atoms with Crippen LogP contribution >= 0.6 is 0 Å². The number of benzene rings is 2. The maximum Gasteiger partial charge on any atom is 0.161 e. The molecule has 0 aromatic heterocycles. The number of likely N-dealkylation sites (tertiary alicyclic amines) is 1. The van der Waals surface area contributed by atoms with Crippen LogP contribution < -0.4 is 9.47 Å². The number of hydrogen-bond acceptors (Lipinski definition) is 4. The largest absolute Gasteiger partial charge is 0.486 e. The van der Waals surface area contributed by atoms with Crippen molar-refractivity contribution in [2.45, 2.75) is 31.4 Å². The van der Waals surface area contributed by atoms with E-state index in [0.717, 1.165) is 57.0 Å². The number of fused-ring (bicyclic) bond motifs is 3.